The highest BCUT2D eigenvalue weighted by Gasteiger charge is 2.34. The Morgan fingerprint density at radius 2 is 2.05 bits per heavy atom. The first kappa shape index (κ1) is 13.9. The summed E-state index contributed by atoms with van der Waals surface area (Å²) in [6.07, 6.45) is -3.22. The molecule has 0 saturated carbocycles. The molecule has 2 rings (SSSR count). The van der Waals surface area contributed by atoms with Crippen LogP contribution in [-0.2, 0) is 12.8 Å². The summed E-state index contributed by atoms with van der Waals surface area (Å²) in [5.74, 6) is 0. The van der Waals surface area contributed by atoms with E-state index >= 15 is 0 Å². The standard InChI is InChI=1S/C12H10ClF3N2O/c1-7-10(13)5-18(17-7)11-3-2-8(6-19)4-9(11)12(14,15)16/h2-5,19H,6H2,1H3. The van der Waals surface area contributed by atoms with Gasteiger partial charge in [0.1, 0.15) is 0 Å². The third kappa shape index (κ3) is 2.74. The molecule has 19 heavy (non-hydrogen) atoms. The van der Waals surface area contributed by atoms with Crippen LogP contribution in [0.15, 0.2) is 24.4 Å². The zero-order valence-electron chi connectivity index (χ0n) is 9.87. The lowest BCUT2D eigenvalue weighted by molar-refractivity contribution is -0.137. The molecule has 0 radical (unpaired) electrons. The minimum absolute atomic E-state index is 0.125. The molecule has 0 saturated heterocycles. The molecule has 2 aromatic rings. The Hall–Kier alpha value is -1.53. The first-order valence-corrected chi connectivity index (χ1v) is 5.74. The zero-order chi connectivity index (χ0) is 14.2. The van der Waals surface area contributed by atoms with E-state index in [1.807, 2.05) is 0 Å². The van der Waals surface area contributed by atoms with E-state index in [0.717, 1.165) is 10.7 Å². The number of benzene rings is 1. The summed E-state index contributed by atoms with van der Waals surface area (Å²) in [7, 11) is 0. The second-order valence-corrected chi connectivity index (χ2v) is 4.42. The monoisotopic (exact) mass is 290 g/mol. The summed E-state index contributed by atoms with van der Waals surface area (Å²) in [4.78, 5) is 0. The van der Waals surface area contributed by atoms with Crippen molar-refractivity contribution in [2.24, 2.45) is 0 Å². The van der Waals surface area contributed by atoms with E-state index < -0.39 is 18.3 Å². The van der Waals surface area contributed by atoms with Gasteiger partial charge in [-0.15, -0.1) is 0 Å². The maximum atomic E-state index is 13.0. The van der Waals surface area contributed by atoms with Crippen molar-refractivity contribution in [3.8, 4) is 5.69 Å². The molecule has 1 aromatic heterocycles. The first-order chi connectivity index (χ1) is 8.82. The lowest BCUT2D eigenvalue weighted by Gasteiger charge is -2.14. The topological polar surface area (TPSA) is 38.0 Å². The zero-order valence-corrected chi connectivity index (χ0v) is 10.6. The lowest BCUT2D eigenvalue weighted by Crippen LogP contribution is -2.12. The van der Waals surface area contributed by atoms with Gasteiger partial charge in [0.05, 0.1) is 28.6 Å². The summed E-state index contributed by atoms with van der Waals surface area (Å²) in [6.45, 7) is 1.15. The van der Waals surface area contributed by atoms with Crippen LogP contribution in [0.4, 0.5) is 13.2 Å². The van der Waals surface area contributed by atoms with E-state index in [4.69, 9.17) is 16.7 Å². The van der Waals surface area contributed by atoms with Crippen LogP contribution in [0.3, 0.4) is 0 Å². The summed E-state index contributed by atoms with van der Waals surface area (Å²) in [6, 6.07) is 3.58. The molecule has 7 heteroatoms. The fourth-order valence-electron chi connectivity index (χ4n) is 1.67. The molecule has 0 aliphatic carbocycles. The van der Waals surface area contributed by atoms with Crippen molar-refractivity contribution in [2.45, 2.75) is 19.7 Å². The minimum Gasteiger partial charge on any atom is -0.392 e. The maximum absolute atomic E-state index is 13.0. The van der Waals surface area contributed by atoms with Crippen LogP contribution in [0.1, 0.15) is 16.8 Å². The molecule has 102 valence electrons. The van der Waals surface area contributed by atoms with E-state index in [1.54, 1.807) is 6.92 Å². The lowest BCUT2D eigenvalue weighted by atomic mass is 10.1. The summed E-state index contributed by atoms with van der Waals surface area (Å²) < 4.78 is 40.1. The highest BCUT2D eigenvalue weighted by molar-refractivity contribution is 6.31. The molecule has 3 nitrogen and oxygen atoms in total. The molecule has 1 aromatic carbocycles. The number of rotatable bonds is 2. The highest BCUT2D eigenvalue weighted by Crippen LogP contribution is 2.34. The number of hydrogen-bond acceptors (Lipinski definition) is 2. The van der Waals surface area contributed by atoms with Gasteiger partial charge in [0.2, 0.25) is 0 Å². The summed E-state index contributed by atoms with van der Waals surface area (Å²) in [5, 5.41) is 13.1. The number of halogens is 4. The Labute approximate surface area is 112 Å². The highest BCUT2D eigenvalue weighted by atomic mass is 35.5. The average molecular weight is 291 g/mol. The van der Waals surface area contributed by atoms with Crippen molar-refractivity contribution in [1.82, 2.24) is 9.78 Å². The van der Waals surface area contributed by atoms with Gasteiger partial charge in [-0.05, 0) is 24.6 Å². The van der Waals surface area contributed by atoms with Gasteiger partial charge < -0.3 is 5.11 Å². The fourth-order valence-corrected chi connectivity index (χ4v) is 1.80. The number of alkyl halides is 3. The third-order valence-electron chi connectivity index (χ3n) is 2.63. The predicted molar refractivity (Wildman–Crippen MR) is 64.2 cm³/mol. The quantitative estimate of drug-likeness (QED) is 0.921. The van der Waals surface area contributed by atoms with E-state index in [0.29, 0.717) is 10.7 Å². The molecular weight excluding hydrogens is 281 g/mol. The van der Waals surface area contributed by atoms with Gasteiger partial charge in [0.15, 0.2) is 0 Å². The molecule has 1 N–H and O–H groups in total. The van der Waals surface area contributed by atoms with Gasteiger partial charge in [-0.3, -0.25) is 0 Å². The molecule has 0 amide bonds. The molecule has 0 bridgehead atoms. The second-order valence-electron chi connectivity index (χ2n) is 4.01. The Bertz CT molecular complexity index is 588. The molecule has 0 unspecified atom stereocenters. The predicted octanol–water partition coefficient (Wildman–Crippen LogP) is 3.35. The Kier molecular flexibility index (Phi) is 3.56. The minimum atomic E-state index is -4.53. The smallest absolute Gasteiger partial charge is 0.392 e. The molecule has 0 aliphatic heterocycles. The molecule has 0 spiro atoms. The van der Waals surface area contributed by atoms with Crippen LogP contribution in [-0.4, -0.2) is 14.9 Å². The van der Waals surface area contributed by atoms with Crippen molar-refractivity contribution in [2.75, 3.05) is 0 Å². The van der Waals surface area contributed by atoms with Gasteiger partial charge in [-0.2, -0.15) is 18.3 Å². The molecule has 0 atom stereocenters. The van der Waals surface area contributed by atoms with E-state index in [1.165, 1.54) is 18.3 Å². The normalized spacial score (nSPS) is 11.9. The number of aromatic nitrogens is 2. The van der Waals surface area contributed by atoms with Crippen LogP contribution >= 0.6 is 11.6 Å². The Morgan fingerprint density at radius 3 is 2.53 bits per heavy atom. The van der Waals surface area contributed by atoms with Crippen molar-refractivity contribution in [3.63, 3.8) is 0 Å². The number of aryl methyl sites for hydroxylation is 1. The number of aliphatic hydroxyl groups is 1. The average Bonchev–Trinajstić information content (AvgIpc) is 2.67. The van der Waals surface area contributed by atoms with Gasteiger partial charge in [0.25, 0.3) is 0 Å². The van der Waals surface area contributed by atoms with E-state index in [9.17, 15) is 13.2 Å². The molecule has 1 heterocycles. The summed E-state index contributed by atoms with van der Waals surface area (Å²) in [5.41, 5.74) is -0.356. The maximum Gasteiger partial charge on any atom is 0.418 e. The van der Waals surface area contributed by atoms with Crippen LogP contribution < -0.4 is 0 Å². The van der Waals surface area contributed by atoms with Crippen molar-refractivity contribution in [3.05, 3.63) is 46.2 Å². The third-order valence-corrected chi connectivity index (χ3v) is 3.01. The second kappa shape index (κ2) is 4.86. The van der Waals surface area contributed by atoms with Crippen LogP contribution in [0.25, 0.3) is 5.69 Å². The van der Waals surface area contributed by atoms with Gasteiger partial charge in [0, 0.05) is 6.20 Å². The number of aliphatic hydroxyl groups excluding tert-OH is 1. The van der Waals surface area contributed by atoms with Gasteiger partial charge >= 0.3 is 6.18 Å². The van der Waals surface area contributed by atoms with Crippen LogP contribution in [0.5, 0.6) is 0 Å². The molecule has 0 fully saturated rings. The Morgan fingerprint density at radius 1 is 1.37 bits per heavy atom. The summed E-state index contributed by atoms with van der Waals surface area (Å²) >= 11 is 5.80. The molecular formula is C12H10ClF3N2O. The van der Waals surface area contributed by atoms with Crippen LogP contribution in [0.2, 0.25) is 5.02 Å². The fraction of sp³-hybridized carbons (Fsp3) is 0.250. The first-order valence-electron chi connectivity index (χ1n) is 5.36. The van der Waals surface area contributed by atoms with Crippen molar-refractivity contribution >= 4 is 11.6 Å². The van der Waals surface area contributed by atoms with Crippen molar-refractivity contribution < 1.29 is 18.3 Å². The molecule has 0 aliphatic rings. The van der Waals surface area contributed by atoms with Gasteiger partial charge in [-0.1, -0.05) is 17.7 Å². The number of hydrogen-bond donors (Lipinski definition) is 1. The van der Waals surface area contributed by atoms with Gasteiger partial charge in [-0.25, -0.2) is 4.68 Å². The van der Waals surface area contributed by atoms with Crippen LogP contribution in [0, 0.1) is 6.92 Å². The van der Waals surface area contributed by atoms with Crippen molar-refractivity contribution in [1.29, 1.82) is 0 Å². The Balaban J connectivity index is 2.62. The largest absolute Gasteiger partial charge is 0.418 e. The number of nitrogens with zero attached hydrogens (tertiary/aromatic N) is 2. The SMILES string of the molecule is Cc1nn(-c2ccc(CO)cc2C(F)(F)F)cc1Cl. The van der Waals surface area contributed by atoms with E-state index in [-0.39, 0.29) is 11.3 Å². The van der Waals surface area contributed by atoms with E-state index in [2.05, 4.69) is 5.10 Å².